The van der Waals surface area contributed by atoms with Gasteiger partial charge in [0, 0.05) is 5.56 Å². The van der Waals surface area contributed by atoms with E-state index in [4.69, 9.17) is 4.42 Å². The summed E-state index contributed by atoms with van der Waals surface area (Å²) in [5, 5.41) is 11.3. The van der Waals surface area contributed by atoms with E-state index in [-0.39, 0.29) is 11.2 Å². The summed E-state index contributed by atoms with van der Waals surface area (Å²) in [7, 11) is 0. The van der Waals surface area contributed by atoms with Gasteiger partial charge in [-0.05, 0) is 38.0 Å². The van der Waals surface area contributed by atoms with Gasteiger partial charge in [-0.15, -0.1) is 5.10 Å². The summed E-state index contributed by atoms with van der Waals surface area (Å²) >= 11 is 1.40. The van der Waals surface area contributed by atoms with Crippen molar-refractivity contribution in [3.8, 4) is 11.3 Å². The van der Waals surface area contributed by atoms with Crippen molar-refractivity contribution in [3.05, 3.63) is 83.1 Å². The van der Waals surface area contributed by atoms with E-state index in [2.05, 4.69) is 28.5 Å². The van der Waals surface area contributed by atoms with Crippen LogP contribution >= 0.6 is 11.8 Å². The normalized spacial score (nSPS) is 17.9. The van der Waals surface area contributed by atoms with Crippen molar-refractivity contribution < 1.29 is 9.21 Å². The predicted molar refractivity (Wildman–Crippen MR) is 118 cm³/mol. The smallest absolute Gasteiger partial charge is 0.239 e. The fraction of sp³-hybridized carbons (Fsp3) is 0.174. The molecule has 0 saturated carbocycles. The van der Waals surface area contributed by atoms with Crippen molar-refractivity contribution in [3.63, 3.8) is 0 Å². The fourth-order valence-corrected chi connectivity index (χ4v) is 4.04. The number of amidine groups is 1. The molecule has 0 unspecified atom stereocenters. The molecule has 4 rings (SSSR count). The maximum atomic E-state index is 12.2. The molecule has 0 bridgehead atoms. The molecule has 1 aromatic heterocycles. The molecular weight excluding hydrogens is 382 g/mol. The van der Waals surface area contributed by atoms with Gasteiger partial charge in [0.15, 0.2) is 5.17 Å². The van der Waals surface area contributed by atoms with Gasteiger partial charge in [0.05, 0.1) is 11.5 Å². The summed E-state index contributed by atoms with van der Waals surface area (Å²) in [4.78, 5) is 12.2. The van der Waals surface area contributed by atoms with E-state index in [9.17, 15) is 4.79 Å². The van der Waals surface area contributed by atoms with Gasteiger partial charge in [-0.2, -0.15) is 5.10 Å². The molecule has 1 aliphatic rings. The third-order valence-corrected chi connectivity index (χ3v) is 5.65. The molecule has 5 nitrogen and oxygen atoms in total. The lowest BCUT2D eigenvalue weighted by Crippen LogP contribution is -2.25. The topological polar surface area (TPSA) is 67.0 Å². The molecule has 3 aromatic rings. The number of carbonyl (C=O) groups is 1. The average molecular weight is 404 g/mol. The van der Waals surface area contributed by atoms with Crippen molar-refractivity contribution >= 4 is 29.1 Å². The van der Waals surface area contributed by atoms with Crippen LogP contribution in [0.2, 0.25) is 0 Å². The van der Waals surface area contributed by atoms with E-state index < -0.39 is 0 Å². The van der Waals surface area contributed by atoms with Crippen LogP contribution in [0.15, 0.2) is 75.3 Å². The Balaban J connectivity index is 1.38. The van der Waals surface area contributed by atoms with Crippen LogP contribution < -0.4 is 5.32 Å². The number of hydrogen-bond donors (Lipinski definition) is 1. The number of hydrogen-bond acceptors (Lipinski definition) is 5. The Morgan fingerprint density at radius 2 is 1.90 bits per heavy atom. The van der Waals surface area contributed by atoms with E-state index in [0.717, 1.165) is 16.9 Å². The fourth-order valence-electron chi connectivity index (χ4n) is 3.07. The van der Waals surface area contributed by atoms with Gasteiger partial charge >= 0.3 is 0 Å². The van der Waals surface area contributed by atoms with Crippen LogP contribution in [-0.4, -0.2) is 22.5 Å². The van der Waals surface area contributed by atoms with Crippen LogP contribution in [0.1, 0.15) is 22.5 Å². The van der Waals surface area contributed by atoms with E-state index in [0.29, 0.717) is 17.3 Å². The number of carbonyl (C=O) groups excluding carboxylic acids is 1. The standard InChI is InChI=1S/C23H21N3O2S/c1-15-6-8-18(9-7-15)20-11-10-19(28-20)14-24-26-23-25-22(27)21(29-23)13-17-5-3-4-16(2)12-17/h3-12,14,21H,13H2,1-2H3,(H,25,26,27)/b24-14+/t21-/m0/s1. The Labute approximate surface area is 173 Å². The van der Waals surface area contributed by atoms with Crippen molar-refractivity contribution in [2.24, 2.45) is 10.2 Å². The van der Waals surface area contributed by atoms with Crippen LogP contribution in [0.25, 0.3) is 11.3 Å². The van der Waals surface area contributed by atoms with Crippen LogP contribution in [-0.2, 0) is 11.2 Å². The molecule has 0 aliphatic carbocycles. The molecule has 0 spiro atoms. The predicted octanol–water partition coefficient (Wildman–Crippen LogP) is 4.73. The molecule has 2 heterocycles. The molecule has 1 N–H and O–H groups in total. The van der Waals surface area contributed by atoms with Crippen molar-refractivity contribution in [1.82, 2.24) is 5.32 Å². The lowest BCUT2D eigenvalue weighted by atomic mass is 10.1. The maximum Gasteiger partial charge on any atom is 0.239 e. The molecule has 29 heavy (non-hydrogen) atoms. The zero-order chi connectivity index (χ0) is 20.2. The molecule has 146 valence electrons. The number of rotatable bonds is 5. The quantitative estimate of drug-likeness (QED) is 0.495. The number of thioether (sulfide) groups is 1. The van der Waals surface area contributed by atoms with E-state index in [1.54, 1.807) is 6.21 Å². The Morgan fingerprint density at radius 3 is 2.69 bits per heavy atom. The SMILES string of the molecule is Cc1ccc(-c2ccc(/C=N/N=C3\NC(=O)[C@H](Cc4cccc(C)c4)S3)o2)cc1. The number of benzene rings is 2. The highest BCUT2D eigenvalue weighted by Gasteiger charge is 2.30. The highest BCUT2D eigenvalue weighted by molar-refractivity contribution is 8.15. The van der Waals surface area contributed by atoms with E-state index in [1.807, 2.05) is 61.5 Å². The van der Waals surface area contributed by atoms with Crippen molar-refractivity contribution in [2.75, 3.05) is 0 Å². The second-order valence-corrected chi connectivity index (χ2v) is 8.20. The van der Waals surface area contributed by atoms with E-state index >= 15 is 0 Å². The number of furan rings is 1. The monoisotopic (exact) mass is 403 g/mol. The summed E-state index contributed by atoms with van der Waals surface area (Å²) in [5.74, 6) is 1.35. The Hall–Kier alpha value is -3.12. The molecule has 6 heteroatoms. The summed E-state index contributed by atoms with van der Waals surface area (Å²) in [6.45, 7) is 4.10. The first-order valence-corrected chi connectivity index (χ1v) is 10.3. The Kier molecular flexibility index (Phi) is 5.62. The number of amides is 1. The van der Waals surface area contributed by atoms with Gasteiger partial charge in [-0.25, -0.2) is 0 Å². The molecule has 0 radical (unpaired) electrons. The third kappa shape index (κ3) is 4.84. The number of aryl methyl sites for hydroxylation is 2. The second-order valence-electron chi connectivity index (χ2n) is 7.01. The molecule has 1 atom stereocenters. The van der Waals surface area contributed by atoms with Crippen molar-refractivity contribution in [2.45, 2.75) is 25.5 Å². The zero-order valence-electron chi connectivity index (χ0n) is 16.3. The zero-order valence-corrected chi connectivity index (χ0v) is 17.1. The first kappa shape index (κ1) is 19.2. The summed E-state index contributed by atoms with van der Waals surface area (Å²) in [6, 6.07) is 20.1. The number of nitrogens with one attached hydrogen (secondary N) is 1. The largest absolute Gasteiger partial charge is 0.455 e. The van der Waals surface area contributed by atoms with Crippen LogP contribution in [0.5, 0.6) is 0 Å². The summed E-state index contributed by atoms with van der Waals surface area (Å²) in [6.07, 6.45) is 2.21. The molecular formula is C23H21N3O2S. The van der Waals surface area contributed by atoms with Gasteiger partial charge in [0.1, 0.15) is 11.5 Å². The summed E-state index contributed by atoms with van der Waals surface area (Å²) in [5.41, 5.74) is 4.54. The minimum Gasteiger partial charge on any atom is -0.455 e. The maximum absolute atomic E-state index is 12.2. The first-order valence-electron chi connectivity index (χ1n) is 9.38. The minimum absolute atomic E-state index is 0.0369. The lowest BCUT2D eigenvalue weighted by molar-refractivity contribution is -0.118. The minimum atomic E-state index is -0.192. The van der Waals surface area contributed by atoms with Crippen LogP contribution in [0, 0.1) is 13.8 Å². The van der Waals surface area contributed by atoms with Crippen LogP contribution in [0.3, 0.4) is 0 Å². The lowest BCUT2D eigenvalue weighted by Gasteiger charge is -2.05. The third-order valence-electron chi connectivity index (χ3n) is 4.58. The molecule has 1 saturated heterocycles. The highest BCUT2D eigenvalue weighted by atomic mass is 32.2. The van der Waals surface area contributed by atoms with Crippen molar-refractivity contribution in [1.29, 1.82) is 0 Å². The van der Waals surface area contributed by atoms with Gasteiger partial charge in [0.25, 0.3) is 0 Å². The highest BCUT2D eigenvalue weighted by Crippen LogP contribution is 2.24. The average Bonchev–Trinajstić information content (AvgIpc) is 3.30. The Morgan fingerprint density at radius 1 is 1.07 bits per heavy atom. The van der Waals surface area contributed by atoms with E-state index in [1.165, 1.54) is 22.9 Å². The van der Waals surface area contributed by atoms with Gasteiger partial charge in [0.2, 0.25) is 5.91 Å². The van der Waals surface area contributed by atoms with Gasteiger partial charge < -0.3 is 9.73 Å². The molecule has 1 fully saturated rings. The number of nitrogens with zero attached hydrogens (tertiary/aromatic N) is 2. The Bertz CT molecular complexity index is 1080. The molecule has 1 amide bonds. The second kappa shape index (κ2) is 8.49. The first-order chi connectivity index (χ1) is 14.1. The van der Waals surface area contributed by atoms with Crippen LogP contribution in [0.4, 0.5) is 0 Å². The summed E-state index contributed by atoms with van der Waals surface area (Å²) < 4.78 is 5.79. The molecule has 2 aromatic carbocycles. The van der Waals surface area contributed by atoms with Gasteiger partial charge in [-0.3, -0.25) is 4.79 Å². The molecule has 1 aliphatic heterocycles. The van der Waals surface area contributed by atoms with Gasteiger partial charge in [-0.1, -0.05) is 71.4 Å².